The molecular weight excluding hydrogens is 497 g/mol. The van der Waals surface area contributed by atoms with E-state index in [1.807, 2.05) is 13.8 Å². The highest BCUT2D eigenvalue weighted by Crippen LogP contribution is 2.37. The smallest absolute Gasteiger partial charge is 0.457 e. The zero-order valence-corrected chi connectivity index (χ0v) is 20.4. The van der Waals surface area contributed by atoms with Crippen LogP contribution in [0.5, 0.6) is 17.2 Å². The molecule has 0 bridgehead atoms. The predicted octanol–water partition coefficient (Wildman–Crippen LogP) is 5.43. The van der Waals surface area contributed by atoms with Crippen molar-refractivity contribution < 1.29 is 27.8 Å². The van der Waals surface area contributed by atoms with E-state index in [2.05, 4.69) is 9.72 Å². The van der Waals surface area contributed by atoms with Crippen LogP contribution in [0.4, 0.5) is 13.2 Å². The van der Waals surface area contributed by atoms with Crippen molar-refractivity contribution in [2.24, 2.45) is 5.92 Å². The molecule has 2 N–H and O–H groups in total. The number of nitrogens with one attached hydrogen (secondary N) is 1. The third-order valence-corrected chi connectivity index (χ3v) is 7.13. The number of fused-ring (bicyclic) bond motifs is 1. The van der Waals surface area contributed by atoms with Gasteiger partial charge in [0.1, 0.15) is 22.1 Å². The Kier molecular flexibility index (Phi) is 6.96. The molecule has 0 saturated heterocycles. The fourth-order valence-corrected chi connectivity index (χ4v) is 4.99. The number of benzene rings is 2. The number of nitrogens with zero attached hydrogens (tertiary/aromatic N) is 1. The highest BCUT2D eigenvalue weighted by molar-refractivity contribution is 7.22. The second-order valence-electron chi connectivity index (χ2n) is 8.47. The molecule has 0 radical (unpaired) electrons. The maximum absolute atomic E-state index is 12.6. The fraction of sp³-hybridized carbons (Fsp3) is 0.280. The van der Waals surface area contributed by atoms with Crippen LogP contribution in [0.1, 0.15) is 19.4 Å². The number of alkyl halides is 3. The molecule has 7 nitrogen and oxygen atoms in total. The van der Waals surface area contributed by atoms with Crippen LogP contribution in [0.15, 0.2) is 58.1 Å². The van der Waals surface area contributed by atoms with Gasteiger partial charge in [-0.15, -0.1) is 24.5 Å². The van der Waals surface area contributed by atoms with Crippen LogP contribution < -0.4 is 20.7 Å². The van der Waals surface area contributed by atoms with Gasteiger partial charge in [-0.3, -0.25) is 14.3 Å². The van der Waals surface area contributed by atoms with Gasteiger partial charge < -0.3 is 14.6 Å². The van der Waals surface area contributed by atoms with Gasteiger partial charge in [0.15, 0.2) is 0 Å². The first-order valence-corrected chi connectivity index (χ1v) is 11.8. The minimum Gasteiger partial charge on any atom is -0.457 e. The second-order valence-corrected chi connectivity index (χ2v) is 9.47. The van der Waals surface area contributed by atoms with Gasteiger partial charge in [0, 0.05) is 11.4 Å². The molecule has 2 aromatic heterocycles. The fourth-order valence-electron chi connectivity index (χ4n) is 3.68. The minimum atomic E-state index is -4.77. The first-order chi connectivity index (χ1) is 16.9. The number of H-pyrrole nitrogens is 1. The summed E-state index contributed by atoms with van der Waals surface area (Å²) in [4.78, 5) is 28.8. The maximum atomic E-state index is 12.6. The summed E-state index contributed by atoms with van der Waals surface area (Å²) in [5, 5.41) is 10.3. The molecule has 2 heterocycles. The van der Waals surface area contributed by atoms with E-state index in [1.165, 1.54) is 28.0 Å². The van der Waals surface area contributed by atoms with Gasteiger partial charge in [0.25, 0.3) is 5.56 Å². The lowest BCUT2D eigenvalue weighted by Gasteiger charge is -2.16. The van der Waals surface area contributed by atoms with E-state index in [-0.39, 0.29) is 18.2 Å². The van der Waals surface area contributed by atoms with Crippen LogP contribution in [-0.4, -0.2) is 27.1 Å². The number of aryl methyl sites for hydroxylation is 1. The Morgan fingerprint density at radius 3 is 2.11 bits per heavy atom. The zero-order chi connectivity index (χ0) is 26.2. The van der Waals surface area contributed by atoms with E-state index in [1.54, 1.807) is 31.2 Å². The van der Waals surface area contributed by atoms with E-state index in [0.717, 1.165) is 28.1 Å². The minimum absolute atomic E-state index is 0.201. The lowest BCUT2D eigenvalue weighted by Crippen LogP contribution is -2.33. The average Bonchev–Trinajstić information content (AvgIpc) is 3.14. The van der Waals surface area contributed by atoms with Crippen molar-refractivity contribution >= 4 is 21.6 Å². The van der Waals surface area contributed by atoms with Gasteiger partial charge in [-0.05, 0) is 79.4 Å². The van der Waals surface area contributed by atoms with Crippen molar-refractivity contribution in [1.29, 1.82) is 0 Å². The zero-order valence-electron chi connectivity index (χ0n) is 19.6. The van der Waals surface area contributed by atoms with E-state index in [9.17, 15) is 27.9 Å². The number of halogens is 3. The van der Waals surface area contributed by atoms with Crippen molar-refractivity contribution in [2.45, 2.75) is 39.8 Å². The van der Waals surface area contributed by atoms with E-state index in [0.29, 0.717) is 21.7 Å². The number of aromatic amines is 1. The van der Waals surface area contributed by atoms with Crippen molar-refractivity contribution in [3.63, 3.8) is 0 Å². The number of ether oxygens (including phenoxy) is 2. The van der Waals surface area contributed by atoms with Crippen LogP contribution in [0.2, 0.25) is 0 Å². The van der Waals surface area contributed by atoms with Gasteiger partial charge in [-0.25, -0.2) is 4.79 Å². The van der Waals surface area contributed by atoms with Gasteiger partial charge in [0.2, 0.25) is 0 Å². The van der Waals surface area contributed by atoms with Crippen LogP contribution >= 0.6 is 11.3 Å². The molecule has 0 fully saturated rings. The van der Waals surface area contributed by atoms with Crippen molar-refractivity contribution in [3.05, 3.63) is 74.9 Å². The molecular formula is C25H23F3N2O5S. The maximum Gasteiger partial charge on any atom is 0.573 e. The topological polar surface area (TPSA) is 93.5 Å². The Bertz CT molecular complexity index is 1490. The number of thiophene rings is 1. The SMILES string of the molecule is Cc1c(-c2ccc(Oc3ccc(OC(F)(F)F)cc3)cc2)sc2c1c(=O)[nH]c(=O)n2CC(C)C(C)O. The summed E-state index contributed by atoms with van der Waals surface area (Å²) in [6.07, 6.45) is -5.39. The standard InChI is InChI=1S/C25H23F3N2O5S/c1-13(15(3)31)12-30-23-20(22(32)29-24(30)33)14(2)21(36-23)16-4-6-17(7-5-16)34-18-8-10-19(11-9-18)35-25(26,27)28/h4-11,13,15,31H,12H2,1-3H3,(H,29,32,33). The summed E-state index contributed by atoms with van der Waals surface area (Å²) in [5.74, 6) is 0.246. The normalized spacial score (nSPS) is 13.5. The Balaban J connectivity index is 1.61. The summed E-state index contributed by atoms with van der Waals surface area (Å²) in [5.41, 5.74) is 0.539. The summed E-state index contributed by atoms with van der Waals surface area (Å²) in [6.45, 7) is 5.54. The van der Waals surface area contributed by atoms with E-state index in [4.69, 9.17) is 4.74 Å². The number of aliphatic hydroxyl groups excluding tert-OH is 1. The summed E-state index contributed by atoms with van der Waals surface area (Å²) < 4.78 is 48.0. The summed E-state index contributed by atoms with van der Waals surface area (Å²) in [6, 6.07) is 12.0. The molecule has 0 aliphatic rings. The molecule has 36 heavy (non-hydrogen) atoms. The van der Waals surface area contributed by atoms with E-state index < -0.39 is 23.7 Å². The Morgan fingerprint density at radius 1 is 1.00 bits per heavy atom. The van der Waals surface area contributed by atoms with Crippen LogP contribution in [0.3, 0.4) is 0 Å². The highest BCUT2D eigenvalue weighted by atomic mass is 32.1. The molecule has 2 unspecified atom stereocenters. The van der Waals surface area contributed by atoms with Crippen LogP contribution in [-0.2, 0) is 6.54 Å². The molecule has 11 heteroatoms. The molecule has 0 aliphatic carbocycles. The Morgan fingerprint density at radius 2 is 1.56 bits per heavy atom. The summed E-state index contributed by atoms with van der Waals surface area (Å²) >= 11 is 1.32. The van der Waals surface area contributed by atoms with Gasteiger partial charge in [-0.1, -0.05) is 6.92 Å². The lowest BCUT2D eigenvalue weighted by molar-refractivity contribution is -0.274. The van der Waals surface area contributed by atoms with Crippen LogP contribution in [0.25, 0.3) is 20.7 Å². The summed E-state index contributed by atoms with van der Waals surface area (Å²) in [7, 11) is 0. The number of aromatic nitrogens is 2. The van der Waals surface area contributed by atoms with E-state index >= 15 is 0 Å². The van der Waals surface area contributed by atoms with Crippen molar-refractivity contribution in [1.82, 2.24) is 9.55 Å². The molecule has 0 spiro atoms. The average molecular weight is 521 g/mol. The molecule has 2 aromatic carbocycles. The second kappa shape index (κ2) is 9.82. The molecule has 4 rings (SSSR count). The number of aliphatic hydroxyl groups is 1. The molecule has 0 aliphatic heterocycles. The quantitative estimate of drug-likeness (QED) is 0.339. The monoisotopic (exact) mass is 520 g/mol. The molecule has 190 valence electrons. The van der Waals surface area contributed by atoms with Crippen molar-refractivity contribution in [2.75, 3.05) is 0 Å². The van der Waals surface area contributed by atoms with Gasteiger partial charge in [0.05, 0.1) is 11.5 Å². The van der Waals surface area contributed by atoms with Crippen molar-refractivity contribution in [3.8, 4) is 27.7 Å². The predicted molar refractivity (Wildman–Crippen MR) is 131 cm³/mol. The Hall–Kier alpha value is -3.57. The molecule has 0 saturated carbocycles. The lowest BCUT2D eigenvalue weighted by atomic mass is 10.1. The molecule has 0 amide bonds. The number of hydrogen-bond donors (Lipinski definition) is 2. The first-order valence-electron chi connectivity index (χ1n) is 11.0. The van der Waals surface area contributed by atoms with Gasteiger partial charge >= 0.3 is 12.1 Å². The highest BCUT2D eigenvalue weighted by Gasteiger charge is 2.31. The first kappa shape index (κ1) is 25.5. The third kappa shape index (κ3) is 5.47. The number of hydrogen-bond acceptors (Lipinski definition) is 6. The largest absolute Gasteiger partial charge is 0.573 e. The van der Waals surface area contributed by atoms with Gasteiger partial charge in [-0.2, -0.15) is 0 Å². The molecule has 4 aromatic rings. The van der Waals surface area contributed by atoms with Crippen LogP contribution in [0, 0.1) is 12.8 Å². The Labute approximate surface area is 207 Å². The number of rotatable bonds is 7. The third-order valence-electron chi connectivity index (χ3n) is 5.77. The molecule has 2 atom stereocenters.